The van der Waals surface area contributed by atoms with E-state index in [1.54, 1.807) is 40.9 Å². The average molecular weight is 370 g/mol. The lowest BCUT2D eigenvalue weighted by Gasteiger charge is -2.26. The van der Waals surface area contributed by atoms with Gasteiger partial charge in [-0.05, 0) is 48.2 Å². The minimum Gasteiger partial charge on any atom is -0.378 e. The number of thioether (sulfide) groups is 1. The molecule has 0 saturated carbocycles. The molecule has 0 aliphatic carbocycles. The van der Waals surface area contributed by atoms with Gasteiger partial charge in [0.05, 0.1) is 13.2 Å². The van der Waals surface area contributed by atoms with E-state index in [2.05, 4.69) is 5.32 Å². The van der Waals surface area contributed by atoms with Crippen LogP contribution in [0, 0.1) is 0 Å². The summed E-state index contributed by atoms with van der Waals surface area (Å²) >= 11 is 1.75. The topological polar surface area (TPSA) is 58.6 Å². The molecule has 2 aromatic carbocycles. The summed E-state index contributed by atoms with van der Waals surface area (Å²) in [6.45, 7) is 2.39. The van der Waals surface area contributed by atoms with Crippen molar-refractivity contribution < 1.29 is 14.3 Å². The van der Waals surface area contributed by atoms with E-state index in [1.807, 2.05) is 30.5 Å². The molecular weight excluding hydrogens is 348 g/mol. The molecule has 1 aliphatic heterocycles. The molecule has 0 bridgehead atoms. The number of ether oxygens (including phenoxy) is 1. The predicted molar refractivity (Wildman–Crippen MR) is 105 cm³/mol. The van der Waals surface area contributed by atoms with E-state index in [0.717, 1.165) is 5.75 Å². The number of amides is 2. The van der Waals surface area contributed by atoms with Crippen LogP contribution in [0.1, 0.15) is 26.3 Å². The fourth-order valence-electron chi connectivity index (χ4n) is 2.77. The molecule has 26 heavy (non-hydrogen) atoms. The van der Waals surface area contributed by atoms with E-state index < -0.39 is 0 Å². The monoisotopic (exact) mass is 370 g/mol. The minimum absolute atomic E-state index is 0.00411. The lowest BCUT2D eigenvalue weighted by atomic mass is 10.1. The molecule has 0 unspecified atom stereocenters. The predicted octanol–water partition coefficient (Wildman–Crippen LogP) is 3.27. The van der Waals surface area contributed by atoms with Gasteiger partial charge in [0, 0.05) is 35.7 Å². The number of nitrogens with one attached hydrogen (secondary N) is 1. The highest BCUT2D eigenvalue weighted by atomic mass is 32.2. The second-order valence-corrected chi connectivity index (χ2v) is 6.93. The lowest BCUT2D eigenvalue weighted by Crippen LogP contribution is -2.40. The van der Waals surface area contributed by atoms with Gasteiger partial charge in [-0.3, -0.25) is 9.59 Å². The fourth-order valence-corrected chi connectivity index (χ4v) is 3.29. The summed E-state index contributed by atoms with van der Waals surface area (Å²) in [7, 11) is 0. The van der Waals surface area contributed by atoms with Gasteiger partial charge in [-0.15, -0.1) is 0 Å². The molecule has 0 radical (unpaired) electrons. The van der Waals surface area contributed by atoms with Crippen LogP contribution in [0.15, 0.2) is 48.5 Å². The van der Waals surface area contributed by atoms with Crippen LogP contribution in [0.4, 0.5) is 5.69 Å². The fraction of sp³-hybridized carbons (Fsp3) is 0.300. The second kappa shape index (κ2) is 8.87. The quantitative estimate of drug-likeness (QED) is 0.878. The highest BCUT2D eigenvalue weighted by molar-refractivity contribution is 7.97. The summed E-state index contributed by atoms with van der Waals surface area (Å²) in [6, 6.07) is 14.6. The summed E-state index contributed by atoms with van der Waals surface area (Å²) in [6.07, 6.45) is 2.05. The van der Waals surface area contributed by atoms with Crippen LogP contribution in [0.2, 0.25) is 0 Å². The van der Waals surface area contributed by atoms with Crippen molar-refractivity contribution in [2.45, 2.75) is 5.75 Å². The van der Waals surface area contributed by atoms with Crippen LogP contribution in [0.25, 0.3) is 0 Å². The number of rotatable bonds is 5. The van der Waals surface area contributed by atoms with Gasteiger partial charge in [0.15, 0.2) is 0 Å². The molecule has 0 aromatic heterocycles. The Morgan fingerprint density at radius 1 is 1.00 bits per heavy atom. The summed E-state index contributed by atoms with van der Waals surface area (Å²) in [5, 5.41) is 2.87. The van der Waals surface area contributed by atoms with E-state index in [0.29, 0.717) is 43.1 Å². The van der Waals surface area contributed by atoms with Crippen LogP contribution in [0.3, 0.4) is 0 Å². The molecular formula is C20H22N2O3S. The maximum absolute atomic E-state index is 12.4. The van der Waals surface area contributed by atoms with E-state index in [1.165, 1.54) is 5.56 Å². The van der Waals surface area contributed by atoms with Gasteiger partial charge in [0.1, 0.15) is 0 Å². The van der Waals surface area contributed by atoms with E-state index in [4.69, 9.17) is 4.74 Å². The number of carbonyl (C=O) groups is 2. The summed E-state index contributed by atoms with van der Waals surface area (Å²) < 4.78 is 5.27. The molecule has 1 N–H and O–H groups in total. The van der Waals surface area contributed by atoms with Crippen LogP contribution in [-0.2, 0) is 10.5 Å². The number of hydrogen-bond acceptors (Lipinski definition) is 4. The van der Waals surface area contributed by atoms with Gasteiger partial charge in [-0.2, -0.15) is 11.8 Å². The Labute approximate surface area is 157 Å². The number of anilines is 1. The summed E-state index contributed by atoms with van der Waals surface area (Å²) in [5.74, 6) is 0.768. The first kappa shape index (κ1) is 18.5. The zero-order chi connectivity index (χ0) is 18.4. The highest BCUT2D eigenvalue weighted by Gasteiger charge is 2.18. The standard InChI is InChI=1S/C20H22N2O3S/c1-26-14-15-2-4-16(5-3-15)19(23)21-18-8-6-17(7-9-18)20(24)22-10-12-25-13-11-22/h2-9H,10-14H2,1H3,(H,21,23). The van der Waals surface area contributed by atoms with Crippen molar-refractivity contribution in [3.05, 3.63) is 65.2 Å². The summed E-state index contributed by atoms with van der Waals surface area (Å²) in [5.41, 5.74) is 3.09. The van der Waals surface area contributed by atoms with Gasteiger partial charge >= 0.3 is 0 Å². The van der Waals surface area contributed by atoms with Gasteiger partial charge < -0.3 is 15.0 Å². The van der Waals surface area contributed by atoms with E-state index in [-0.39, 0.29) is 11.8 Å². The second-order valence-electron chi connectivity index (χ2n) is 6.07. The van der Waals surface area contributed by atoms with Crippen molar-refractivity contribution in [3.63, 3.8) is 0 Å². The molecule has 0 atom stereocenters. The van der Waals surface area contributed by atoms with Crippen molar-refractivity contribution >= 4 is 29.3 Å². The Hall–Kier alpha value is -2.31. The Bertz CT molecular complexity index is 754. The zero-order valence-electron chi connectivity index (χ0n) is 14.7. The number of hydrogen-bond donors (Lipinski definition) is 1. The molecule has 1 aliphatic rings. The molecule has 5 nitrogen and oxygen atoms in total. The van der Waals surface area contributed by atoms with Crippen LogP contribution >= 0.6 is 11.8 Å². The van der Waals surface area contributed by atoms with Gasteiger partial charge in [0.2, 0.25) is 0 Å². The van der Waals surface area contributed by atoms with Crippen molar-refractivity contribution in [1.82, 2.24) is 4.90 Å². The molecule has 1 saturated heterocycles. The molecule has 1 heterocycles. The third-order valence-corrected chi connectivity index (χ3v) is 4.84. The molecule has 1 fully saturated rings. The lowest BCUT2D eigenvalue weighted by molar-refractivity contribution is 0.0303. The van der Waals surface area contributed by atoms with Crippen molar-refractivity contribution in [3.8, 4) is 0 Å². The highest BCUT2D eigenvalue weighted by Crippen LogP contribution is 2.15. The maximum Gasteiger partial charge on any atom is 0.255 e. The number of nitrogens with zero attached hydrogens (tertiary/aromatic N) is 1. The SMILES string of the molecule is CSCc1ccc(C(=O)Nc2ccc(C(=O)N3CCOCC3)cc2)cc1. The van der Waals surface area contributed by atoms with Gasteiger partial charge in [-0.1, -0.05) is 12.1 Å². The van der Waals surface area contributed by atoms with E-state index >= 15 is 0 Å². The molecule has 6 heteroatoms. The normalized spacial score (nSPS) is 14.1. The Balaban J connectivity index is 1.61. The number of carbonyl (C=O) groups excluding carboxylic acids is 2. The third kappa shape index (κ3) is 4.65. The van der Waals surface area contributed by atoms with Crippen molar-refractivity contribution in [1.29, 1.82) is 0 Å². The van der Waals surface area contributed by atoms with E-state index in [9.17, 15) is 9.59 Å². The molecule has 3 rings (SSSR count). The van der Waals surface area contributed by atoms with Gasteiger partial charge in [0.25, 0.3) is 11.8 Å². The molecule has 2 aromatic rings. The molecule has 2 amide bonds. The Morgan fingerprint density at radius 3 is 2.23 bits per heavy atom. The Kier molecular flexibility index (Phi) is 6.30. The maximum atomic E-state index is 12.4. The van der Waals surface area contributed by atoms with Gasteiger partial charge in [-0.25, -0.2) is 0 Å². The van der Waals surface area contributed by atoms with Crippen LogP contribution < -0.4 is 5.32 Å². The Morgan fingerprint density at radius 2 is 1.62 bits per heavy atom. The average Bonchev–Trinajstić information content (AvgIpc) is 2.69. The first-order chi connectivity index (χ1) is 12.7. The largest absolute Gasteiger partial charge is 0.378 e. The first-order valence-electron chi connectivity index (χ1n) is 8.53. The van der Waals surface area contributed by atoms with Crippen molar-refractivity contribution in [2.24, 2.45) is 0 Å². The molecule has 136 valence electrons. The number of morpholine rings is 1. The van der Waals surface area contributed by atoms with Crippen LogP contribution in [-0.4, -0.2) is 49.3 Å². The summed E-state index contributed by atoms with van der Waals surface area (Å²) in [4.78, 5) is 26.6. The molecule has 0 spiro atoms. The third-order valence-electron chi connectivity index (χ3n) is 4.22. The minimum atomic E-state index is -0.159. The van der Waals surface area contributed by atoms with Crippen molar-refractivity contribution in [2.75, 3.05) is 37.9 Å². The zero-order valence-corrected chi connectivity index (χ0v) is 15.6. The first-order valence-corrected chi connectivity index (χ1v) is 9.93. The smallest absolute Gasteiger partial charge is 0.255 e. The number of benzene rings is 2. The van der Waals surface area contributed by atoms with Crippen LogP contribution in [0.5, 0.6) is 0 Å².